The number of hydrogen-bond acceptors (Lipinski definition) is 2. The van der Waals surface area contributed by atoms with Crippen molar-refractivity contribution in [1.29, 1.82) is 0 Å². The summed E-state index contributed by atoms with van der Waals surface area (Å²) in [6.07, 6.45) is 8.22. The molecule has 0 aliphatic rings. The van der Waals surface area contributed by atoms with Crippen LogP contribution in [0.15, 0.2) is 0 Å². The molecule has 0 amide bonds. The molecule has 1 N–H and O–H groups in total. The van der Waals surface area contributed by atoms with Crippen LogP contribution in [0.5, 0.6) is 0 Å². The van der Waals surface area contributed by atoms with Crippen molar-refractivity contribution in [3.05, 3.63) is 0 Å². The van der Waals surface area contributed by atoms with E-state index in [2.05, 4.69) is 6.92 Å². The van der Waals surface area contributed by atoms with Gasteiger partial charge in [-0.2, -0.15) is 0 Å². The van der Waals surface area contributed by atoms with E-state index in [4.69, 9.17) is 4.74 Å². The minimum Gasteiger partial charge on any atom is -0.390 e. The van der Waals surface area contributed by atoms with Gasteiger partial charge in [0.2, 0.25) is 0 Å². The van der Waals surface area contributed by atoms with Crippen molar-refractivity contribution < 1.29 is 9.84 Å². The molecule has 0 rings (SSSR count). The van der Waals surface area contributed by atoms with E-state index in [1.165, 1.54) is 32.1 Å². The number of methoxy groups -OCH3 is 1. The summed E-state index contributed by atoms with van der Waals surface area (Å²) in [5.74, 6) is 0. The fraction of sp³-hybridized carbons (Fsp3) is 1.00. The Bertz CT molecular complexity index is 115. The molecule has 0 heterocycles. The highest BCUT2D eigenvalue weighted by Gasteiger charge is 2.11. The second-order valence-corrected chi connectivity index (χ2v) is 4.06. The van der Waals surface area contributed by atoms with Crippen LogP contribution in [-0.4, -0.2) is 24.4 Å². The average molecular weight is 202 g/mol. The van der Waals surface area contributed by atoms with Gasteiger partial charge >= 0.3 is 0 Å². The Morgan fingerprint density at radius 1 is 1.07 bits per heavy atom. The Balaban J connectivity index is 3.18. The molecule has 0 spiro atoms. The molecule has 0 aliphatic carbocycles. The van der Waals surface area contributed by atoms with Gasteiger partial charge in [0.25, 0.3) is 0 Å². The molecule has 2 unspecified atom stereocenters. The van der Waals surface area contributed by atoms with Crippen molar-refractivity contribution in [3.8, 4) is 0 Å². The lowest BCUT2D eigenvalue weighted by atomic mass is 10.0. The van der Waals surface area contributed by atoms with Crippen LogP contribution >= 0.6 is 0 Å². The van der Waals surface area contributed by atoms with Crippen molar-refractivity contribution in [2.24, 2.45) is 0 Å². The van der Waals surface area contributed by atoms with Gasteiger partial charge in [-0.3, -0.25) is 0 Å². The second-order valence-electron chi connectivity index (χ2n) is 4.06. The van der Waals surface area contributed by atoms with Crippen LogP contribution in [0.2, 0.25) is 0 Å². The lowest BCUT2D eigenvalue weighted by Gasteiger charge is -2.16. The maximum absolute atomic E-state index is 9.60. The van der Waals surface area contributed by atoms with Crippen molar-refractivity contribution in [1.82, 2.24) is 0 Å². The molecule has 0 saturated heterocycles. The largest absolute Gasteiger partial charge is 0.390 e. The molecule has 2 heteroatoms. The van der Waals surface area contributed by atoms with E-state index in [1.54, 1.807) is 7.11 Å². The molecule has 2 nitrogen and oxygen atoms in total. The molecule has 0 aromatic heterocycles. The van der Waals surface area contributed by atoms with Crippen LogP contribution in [0.25, 0.3) is 0 Å². The third-order valence-electron chi connectivity index (χ3n) is 2.77. The van der Waals surface area contributed by atoms with E-state index in [1.807, 2.05) is 6.92 Å². The highest BCUT2D eigenvalue weighted by molar-refractivity contribution is 4.63. The fourth-order valence-electron chi connectivity index (χ4n) is 1.53. The maximum atomic E-state index is 9.60. The lowest BCUT2D eigenvalue weighted by molar-refractivity contribution is -0.00531. The summed E-state index contributed by atoms with van der Waals surface area (Å²) >= 11 is 0. The highest BCUT2D eigenvalue weighted by Crippen LogP contribution is 2.11. The van der Waals surface area contributed by atoms with Gasteiger partial charge in [0.15, 0.2) is 0 Å². The quantitative estimate of drug-likeness (QED) is 0.582. The Hall–Kier alpha value is -0.0800. The molecule has 0 fully saturated rings. The first-order chi connectivity index (χ1) is 6.72. The molecular weight excluding hydrogens is 176 g/mol. The maximum Gasteiger partial charge on any atom is 0.0802 e. The van der Waals surface area contributed by atoms with Crippen molar-refractivity contribution in [2.75, 3.05) is 7.11 Å². The van der Waals surface area contributed by atoms with Crippen molar-refractivity contribution in [2.45, 2.75) is 71.0 Å². The summed E-state index contributed by atoms with van der Waals surface area (Å²) in [6.45, 7) is 4.14. The number of aliphatic hydroxyl groups is 1. The Kier molecular flexibility index (Phi) is 9.42. The zero-order valence-electron chi connectivity index (χ0n) is 9.96. The Morgan fingerprint density at radius 3 is 2.21 bits per heavy atom. The summed E-state index contributed by atoms with van der Waals surface area (Å²) in [4.78, 5) is 0. The van der Waals surface area contributed by atoms with Crippen molar-refractivity contribution >= 4 is 0 Å². The van der Waals surface area contributed by atoms with Crippen molar-refractivity contribution in [3.63, 3.8) is 0 Å². The fourth-order valence-corrected chi connectivity index (χ4v) is 1.53. The molecule has 0 aromatic carbocycles. The van der Waals surface area contributed by atoms with Gasteiger partial charge in [-0.05, 0) is 13.3 Å². The van der Waals surface area contributed by atoms with E-state index < -0.39 is 0 Å². The predicted molar refractivity (Wildman–Crippen MR) is 60.5 cm³/mol. The number of ether oxygens (including phenoxy) is 1. The zero-order chi connectivity index (χ0) is 10.8. The molecule has 0 aromatic rings. The zero-order valence-corrected chi connectivity index (χ0v) is 9.96. The standard InChI is InChI=1S/C12H26O2/c1-4-5-6-7-8-9-10-12(13)11(2)14-3/h11-13H,4-10H2,1-3H3. The number of aliphatic hydroxyl groups excluding tert-OH is 1. The first kappa shape index (κ1) is 13.9. The molecule has 14 heavy (non-hydrogen) atoms. The van der Waals surface area contributed by atoms with Gasteiger partial charge in [0.05, 0.1) is 12.2 Å². The van der Waals surface area contributed by atoms with Gasteiger partial charge in [-0.15, -0.1) is 0 Å². The molecule has 0 aliphatic heterocycles. The van der Waals surface area contributed by atoms with E-state index in [0.717, 1.165) is 12.8 Å². The van der Waals surface area contributed by atoms with Gasteiger partial charge in [-0.1, -0.05) is 45.4 Å². The smallest absolute Gasteiger partial charge is 0.0802 e. The number of rotatable bonds is 9. The molecular formula is C12H26O2. The summed E-state index contributed by atoms with van der Waals surface area (Å²) in [6, 6.07) is 0. The molecule has 2 atom stereocenters. The van der Waals surface area contributed by atoms with Gasteiger partial charge < -0.3 is 9.84 Å². The normalized spacial score (nSPS) is 15.4. The van der Waals surface area contributed by atoms with Crippen LogP contribution in [0.4, 0.5) is 0 Å². The predicted octanol–water partition coefficient (Wildman–Crippen LogP) is 3.13. The summed E-state index contributed by atoms with van der Waals surface area (Å²) in [5, 5.41) is 9.60. The van der Waals surface area contributed by atoms with E-state index in [0.29, 0.717) is 0 Å². The Labute approximate surface area is 88.7 Å². The van der Waals surface area contributed by atoms with Crippen LogP contribution in [0, 0.1) is 0 Å². The van der Waals surface area contributed by atoms with Crippen LogP contribution in [0.1, 0.15) is 58.8 Å². The highest BCUT2D eigenvalue weighted by atomic mass is 16.5. The van der Waals surface area contributed by atoms with E-state index in [-0.39, 0.29) is 12.2 Å². The lowest BCUT2D eigenvalue weighted by Crippen LogP contribution is -2.24. The summed E-state index contributed by atoms with van der Waals surface area (Å²) < 4.78 is 5.06. The SMILES string of the molecule is CCCCCCCCC(O)C(C)OC. The first-order valence-corrected chi connectivity index (χ1v) is 5.93. The van der Waals surface area contributed by atoms with Crippen LogP contribution in [0.3, 0.4) is 0 Å². The third-order valence-corrected chi connectivity index (χ3v) is 2.77. The molecule has 86 valence electrons. The van der Waals surface area contributed by atoms with Crippen LogP contribution in [-0.2, 0) is 4.74 Å². The van der Waals surface area contributed by atoms with Crippen LogP contribution < -0.4 is 0 Å². The molecule has 0 radical (unpaired) electrons. The molecule has 0 bridgehead atoms. The Morgan fingerprint density at radius 2 is 1.64 bits per heavy atom. The minimum absolute atomic E-state index is 0.0226. The monoisotopic (exact) mass is 202 g/mol. The van der Waals surface area contributed by atoms with Gasteiger partial charge in [-0.25, -0.2) is 0 Å². The first-order valence-electron chi connectivity index (χ1n) is 5.93. The van der Waals surface area contributed by atoms with Gasteiger partial charge in [0.1, 0.15) is 0 Å². The second kappa shape index (κ2) is 9.47. The summed E-state index contributed by atoms with van der Waals surface area (Å²) in [5.41, 5.74) is 0. The third kappa shape index (κ3) is 7.34. The van der Waals surface area contributed by atoms with E-state index in [9.17, 15) is 5.11 Å². The number of hydrogen-bond donors (Lipinski definition) is 1. The topological polar surface area (TPSA) is 29.5 Å². The summed E-state index contributed by atoms with van der Waals surface area (Å²) in [7, 11) is 1.65. The minimum atomic E-state index is -0.286. The van der Waals surface area contributed by atoms with Gasteiger partial charge in [0, 0.05) is 7.11 Å². The number of unbranched alkanes of at least 4 members (excludes halogenated alkanes) is 5. The average Bonchev–Trinajstić information content (AvgIpc) is 2.21. The molecule has 0 saturated carbocycles. The van der Waals surface area contributed by atoms with E-state index >= 15 is 0 Å².